The molecule has 0 spiro atoms. The molecule has 1 nitrogen and oxygen atoms in total. The van der Waals surface area contributed by atoms with Crippen molar-refractivity contribution < 1.29 is 5.11 Å². The van der Waals surface area contributed by atoms with Crippen LogP contribution in [0.1, 0.15) is 39.5 Å². The van der Waals surface area contributed by atoms with Crippen molar-refractivity contribution in [3.8, 4) is 0 Å². The van der Waals surface area contributed by atoms with Crippen molar-refractivity contribution in [1.29, 1.82) is 0 Å². The van der Waals surface area contributed by atoms with E-state index in [0.29, 0.717) is 11.7 Å². The van der Waals surface area contributed by atoms with Gasteiger partial charge < -0.3 is 5.11 Å². The first kappa shape index (κ1) is 7.64. The zero-order chi connectivity index (χ0) is 7.56. The van der Waals surface area contributed by atoms with Crippen molar-refractivity contribution in [3.63, 3.8) is 0 Å². The number of hydrogen-bond acceptors (Lipinski definition) is 1. The summed E-state index contributed by atoms with van der Waals surface area (Å²) in [6, 6.07) is 0. The predicted octanol–water partition coefficient (Wildman–Crippen LogP) is 3.03. The highest BCUT2D eigenvalue weighted by Crippen LogP contribution is 2.27. The van der Waals surface area contributed by atoms with Gasteiger partial charge in [0, 0.05) is 6.42 Å². The molecule has 0 fully saturated rings. The van der Waals surface area contributed by atoms with Gasteiger partial charge in [-0.1, -0.05) is 13.8 Å². The lowest BCUT2D eigenvalue weighted by Gasteiger charge is -2.18. The summed E-state index contributed by atoms with van der Waals surface area (Å²) in [7, 11) is 0. The Morgan fingerprint density at radius 3 is 2.20 bits per heavy atom. The average Bonchev–Trinajstić information content (AvgIpc) is 1.88. The van der Waals surface area contributed by atoms with Gasteiger partial charge in [-0.25, -0.2) is 0 Å². The molecule has 0 aliphatic heterocycles. The van der Waals surface area contributed by atoms with Gasteiger partial charge in [0.15, 0.2) is 0 Å². The minimum absolute atomic E-state index is 0.542. The molecule has 0 saturated heterocycles. The Hall–Kier alpha value is -0.460. The third-order valence-electron chi connectivity index (χ3n) is 2.18. The van der Waals surface area contributed by atoms with E-state index in [1.165, 1.54) is 18.4 Å². The summed E-state index contributed by atoms with van der Waals surface area (Å²) in [5.41, 5.74) is 1.28. The Bertz CT molecular complexity index is 145. The SMILES string of the molecule is CC(C)C1=C(O)CCCC1. The molecule has 0 bridgehead atoms. The van der Waals surface area contributed by atoms with Crippen molar-refractivity contribution in [3.05, 3.63) is 11.3 Å². The Morgan fingerprint density at radius 2 is 1.80 bits per heavy atom. The monoisotopic (exact) mass is 140 g/mol. The second-order valence-corrected chi connectivity index (χ2v) is 3.33. The van der Waals surface area contributed by atoms with Crippen molar-refractivity contribution in [2.45, 2.75) is 39.5 Å². The molecule has 0 heterocycles. The molecule has 1 aliphatic rings. The maximum atomic E-state index is 9.42. The minimum atomic E-state index is 0.542. The highest BCUT2D eigenvalue weighted by Gasteiger charge is 2.13. The second kappa shape index (κ2) is 3.09. The van der Waals surface area contributed by atoms with Crippen LogP contribution in [0.2, 0.25) is 0 Å². The van der Waals surface area contributed by atoms with Gasteiger partial charge in [0.2, 0.25) is 0 Å². The highest BCUT2D eigenvalue weighted by molar-refractivity contribution is 5.12. The fourth-order valence-electron chi connectivity index (χ4n) is 1.53. The Morgan fingerprint density at radius 1 is 1.20 bits per heavy atom. The molecule has 1 rings (SSSR count). The summed E-state index contributed by atoms with van der Waals surface area (Å²) in [6.45, 7) is 4.30. The fraction of sp³-hybridized carbons (Fsp3) is 0.778. The second-order valence-electron chi connectivity index (χ2n) is 3.33. The number of rotatable bonds is 1. The van der Waals surface area contributed by atoms with Crippen LogP contribution in [0.25, 0.3) is 0 Å². The number of aliphatic hydroxyl groups excluding tert-OH is 1. The first-order valence-corrected chi connectivity index (χ1v) is 4.12. The quantitative estimate of drug-likeness (QED) is 0.593. The Balaban J connectivity index is 2.68. The summed E-state index contributed by atoms with van der Waals surface area (Å²) in [4.78, 5) is 0. The molecule has 0 unspecified atom stereocenters. The van der Waals surface area contributed by atoms with Crippen molar-refractivity contribution >= 4 is 0 Å². The highest BCUT2D eigenvalue weighted by atomic mass is 16.3. The molecule has 0 aromatic heterocycles. The van der Waals surface area contributed by atoms with E-state index in [1.54, 1.807) is 0 Å². The van der Waals surface area contributed by atoms with Gasteiger partial charge in [0.05, 0.1) is 5.76 Å². The van der Waals surface area contributed by atoms with Crippen LogP contribution >= 0.6 is 0 Å². The van der Waals surface area contributed by atoms with Gasteiger partial charge in [-0.2, -0.15) is 0 Å². The van der Waals surface area contributed by atoms with Gasteiger partial charge >= 0.3 is 0 Å². The van der Waals surface area contributed by atoms with Gasteiger partial charge in [0.1, 0.15) is 0 Å². The van der Waals surface area contributed by atoms with Crippen molar-refractivity contribution in [2.75, 3.05) is 0 Å². The Labute approximate surface area is 62.8 Å². The average molecular weight is 140 g/mol. The molecular formula is C9H16O. The van der Waals surface area contributed by atoms with Gasteiger partial charge in [-0.05, 0) is 30.8 Å². The van der Waals surface area contributed by atoms with E-state index in [0.717, 1.165) is 12.8 Å². The van der Waals surface area contributed by atoms with Crippen LogP contribution in [0.5, 0.6) is 0 Å². The molecule has 1 N–H and O–H groups in total. The molecule has 0 amide bonds. The first-order chi connectivity index (χ1) is 4.72. The van der Waals surface area contributed by atoms with Crippen LogP contribution in [-0.2, 0) is 0 Å². The van der Waals surface area contributed by atoms with E-state index < -0.39 is 0 Å². The normalized spacial score (nSPS) is 20.3. The van der Waals surface area contributed by atoms with Crippen LogP contribution in [-0.4, -0.2) is 5.11 Å². The van der Waals surface area contributed by atoms with E-state index in [4.69, 9.17) is 0 Å². The standard InChI is InChI=1S/C9H16O/c1-7(2)8-5-3-4-6-9(8)10/h7,10H,3-6H2,1-2H3. The van der Waals surface area contributed by atoms with Gasteiger partial charge in [-0.15, -0.1) is 0 Å². The molecule has 1 aliphatic carbocycles. The van der Waals surface area contributed by atoms with E-state index in [-0.39, 0.29) is 0 Å². The zero-order valence-corrected chi connectivity index (χ0v) is 6.85. The molecule has 58 valence electrons. The summed E-state index contributed by atoms with van der Waals surface area (Å²) in [5.74, 6) is 1.21. The summed E-state index contributed by atoms with van der Waals surface area (Å²) in [5, 5.41) is 9.42. The maximum Gasteiger partial charge on any atom is 0.0917 e. The van der Waals surface area contributed by atoms with Crippen molar-refractivity contribution in [2.24, 2.45) is 5.92 Å². The van der Waals surface area contributed by atoms with Crippen LogP contribution in [0.3, 0.4) is 0 Å². The molecule has 0 saturated carbocycles. The minimum Gasteiger partial charge on any atom is -0.512 e. The predicted molar refractivity (Wildman–Crippen MR) is 43.0 cm³/mol. The molecule has 10 heavy (non-hydrogen) atoms. The van der Waals surface area contributed by atoms with Crippen LogP contribution in [0.15, 0.2) is 11.3 Å². The molecule has 1 heteroatoms. The summed E-state index contributed by atoms with van der Waals surface area (Å²) < 4.78 is 0. The maximum absolute atomic E-state index is 9.42. The molecular weight excluding hydrogens is 124 g/mol. The lowest BCUT2D eigenvalue weighted by molar-refractivity contribution is 0.347. The number of allylic oxidation sites excluding steroid dienone is 2. The summed E-state index contributed by atoms with van der Waals surface area (Å²) >= 11 is 0. The molecule has 0 atom stereocenters. The fourth-order valence-corrected chi connectivity index (χ4v) is 1.53. The van der Waals surface area contributed by atoms with Crippen LogP contribution in [0.4, 0.5) is 0 Å². The van der Waals surface area contributed by atoms with E-state index >= 15 is 0 Å². The van der Waals surface area contributed by atoms with Crippen molar-refractivity contribution in [1.82, 2.24) is 0 Å². The van der Waals surface area contributed by atoms with E-state index in [9.17, 15) is 5.11 Å². The molecule has 0 aromatic rings. The lowest BCUT2D eigenvalue weighted by Crippen LogP contribution is -2.04. The zero-order valence-electron chi connectivity index (χ0n) is 6.85. The number of aliphatic hydroxyl groups is 1. The third kappa shape index (κ3) is 1.53. The molecule has 0 radical (unpaired) electrons. The first-order valence-electron chi connectivity index (χ1n) is 4.12. The van der Waals surface area contributed by atoms with E-state index in [2.05, 4.69) is 13.8 Å². The van der Waals surface area contributed by atoms with Crippen LogP contribution in [0, 0.1) is 5.92 Å². The smallest absolute Gasteiger partial charge is 0.0917 e. The van der Waals surface area contributed by atoms with Crippen LogP contribution < -0.4 is 0 Å². The lowest BCUT2D eigenvalue weighted by atomic mass is 9.90. The van der Waals surface area contributed by atoms with Gasteiger partial charge in [-0.3, -0.25) is 0 Å². The summed E-state index contributed by atoms with van der Waals surface area (Å²) in [6.07, 6.45) is 4.45. The van der Waals surface area contributed by atoms with Gasteiger partial charge in [0.25, 0.3) is 0 Å². The number of hydrogen-bond donors (Lipinski definition) is 1. The Kier molecular flexibility index (Phi) is 2.36. The third-order valence-corrected chi connectivity index (χ3v) is 2.18. The topological polar surface area (TPSA) is 20.2 Å². The largest absolute Gasteiger partial charge is 0.512 e. The molecule has 0 aromatic carbocycles. The van der Waals surface area contributed by atoms with E-state index in [1.807, 2.05) is 0 Å².